The first-order valence-electron chi connectivity index (χ1n) is 8.99. The second kappa shape index (κ2) is 7.64. The summed E-state index contributed by atoms with van der Waals surface area (Å²) in [6.45, 7) is -0.776. The number of carbonyl (C=O) groups excluding carboxylic acids is 1. The Morgan fingerprint density at radius 3 is 2.61 bits per heavy atom. The molecule has 156 valence electrons. The first-order valence-corrected chi connectivity index (χ1v) is 8.99. The number of nitrogens with two attached hydrogens (primary N) is 1. The molecule has 3 heterocycles. The van der Waals surface area contributed by atoms with Gasteiger partial charge in [-0.15, -0.1) is 0 Å². The summed E-state index contributed by atoms with van der Waals surface area (Å²) in [6.07, 6.45) is 0.321. The molecule has 28 heavy (non-hydrogen) atoms. The smallest absolute Gasteiger partial charge is 0.267 e. The maximum atomic E-state index is 13.5. The van der Waals surface area contributed by atoms with Gasteiger partial charge in [-0.25, -0.2) is 27.5 Å². The first kappa shape index (κ1) is 20.5. The Balaban J connectivity index is 1.59. The lowest BCUT2D eigenvalue weighted by Gasteiger charge is -2.34. The second-order valence-corrected chi connectivity index (χ2v) is 7.38. The van der Waals surface area contributed by atoms with Crippen molar-refractivity contribution in [1.29, 1.82) is 0 Å². The largest absolute Gasteiger partial charge is 0.342 e. The number of hydrogen-bond donors (Lipinski definition) is 1. The van der Waals surface area contributed by atoms with Gasteiger partial charge in [0.05, 0.1) is 13.1 Å². The van der Waals surface area contributed by atoms with Crippen LogP contribution in [0.4, 0.5) is 29.5 Å². The molecule has 1 aromatic rings. The highest BCUT2D eigenvalue weighted by molar-refractivity contribution is 5.77. The van der Waals surface area contributed by atoms with E-state index in [4.69, 9.17) is 5.73 Å². The predicted octanol–water partition coefficient (Wildman–Crippen LogP) is 0.738. The Labute approximate surface area is 159 Å². The molecule has 2 fully saturated rings. The molecule has 0 aliphatic carbocycles. The number of alkyl halides is 4. The Bertz CT molecular complexity index is 720. The zero-order valence-corrected chi connectivity index (χ0v) is 15.5. The van der Waals surface area contributed by atoms with Crippen molar-refractivity contribution in [1.82, 2.24) is 19.9 Å². The fraction of sp³-hybridized carbons (Fsp3) is 0.750. The summed E-state index contributed by atoms with van der Waals surface area (Å²) in [5, 5.41) is 0. The molecule has 0 saturated carbocycles. The summed E-state index contributed by atoms with van der Waals surface area (Å²) in [7, 11) is 1.64. The summed E-state index contributed by atoms with van der Waals surface area (Å²) in [5.41, 5.74) is 6.03. The molecular formula is C16H23F4N7O. The van der Waals surface area contributed by atoms with Crippen LogP contribution in [0, 0.1) is 0 Å². The van der Waals surface area contributed by atoms with Gasteiger partial charge in [-0.2, -0.15) is 4.98 Å². The van der Waals surface area contributed by atoms with E-state index in [0.717, 1.165) is 4.90 Å². The van der Waals surface area contributed by atoms with Crippen LogP contribution in [0.2, 0.25) is 0 Å². The van der Waals surface area contributed by atoms with Gasteiger partial charge in [-0.05, 0) is 0 Å². The summed E-state index contributed by atoms with van der Waals surface area (Å²) in [6, 6.07) is -0.612. The molecule has 2 N–H and O–H groups in total. The van der Waals surface area contributed by atoms with Crippen LogP contribution < -0.4 is 15.5 Å². The number of nitrogens with zero attached hydrogens (tertiary/aromatic N) is 6. The number of hydrogen-bond acceptors (Lipinski definition) is 7. The summed E-state index contributed by atoms with van der Waals surface area (Å²) < 4.78 is 53.8. The van der Waals surface area contributed by atoms with E-state index >= 15 is 0 Å². The standard InChI is InChI=1S/C16H23F4N7O/c1-25(6-11(21)7-27-9-15(17,18)3-2-12(27)28)13-22-10-23-14(24-13)26-5-4-16(19,20)8-26/h10-11H,2-9,21H2,1H3/t11-/m0/s1. The van der Waals surface area contributed by atoms with Gasteiger partial charge in [0.1, 0.15) is 6.33 Å². The number of anilines is 2. The molecule has 1 aromatic heterocycles. The highest BCUT2D eigenvalue weighted by Gasteiger charge is 2.40. The van der Waals surface area contributed by atoms with E-state index in [1.165, 1.54) is 11.2 Å². The fourth-order valence-electron chi connectivity index (χ4n) is 3.36. The zero-order valence-electron chi connectivity index (χ0n) is 15.5. The average Bonchev–Trinajstić information content (AvgIpc) is 2.98. The van der Waals surface area contributed by atoms with E-state index in [-0.39, 0.29) is 50.3 Å². The van der Waals surface area contributed by atoms with E-state index in [2.05, 4.69) is 15.0 Å². The number of amides is 1. The lowest BCUT2D eigenvalue weighted by molar-refractivity contribution is -0.147. The molecule has 1 atom stereocenters. The number of aromatic nitrogens is 3. The number of piperidine rings is 1. The van der Waals surface area contributed by atoms with E-state index in [0.29, 0.717) is 0 Å². The molecule has 8 nitrogen and oxygen atoms in total. The van der Waals surface area contributed by atoms with Gasteiger partial charge in [0.15, 0.2) is 0 Å². The molecule has 2 saturated heterocycles. The Hall–Kier alpha value is -2.24. The molecule has 0 unspecified atom stereocenters. The maximum Gasteiger partial charge on any atom is 0.267 e. The van der Waals surface area contributed by atoms with Crippen molar-refractivity contribution in [3.05, 3.63) is 6.33 Å². The number of likely N-dealkylation sites (tertiary alicyclic amines) is 1. The van der Waals surface area contributed by atoms with Crippen LogP contribution >= 0.6 is 0 Å². The number of likely N-dealkylation sites (N-methyl/N-ethyl adjacent to an activating group) is 1. The van der Waals surface area contributed by atoms with Crippen molar-refractivity contribution < 1.29 is 22.4 Å². The number of halogens is 4. The van der Waals surface area contributed by atoms with Crippen LogP contribution in [-0.4, -0.2) is 83.4 Å². The second-order valence-electron chi connectivity index (χ2n) is 7.38. The maximum absolute atomic E-state index is 13.5. The van der Waals surface area contributed by atoms with Gasteiger partial charge in [0.2, 0.25) is 17.8 Å². The van der Waals surface area contributed by atoms with Crippen molar-refractivity contribution in [2.45, 2.75) is 37.1 Å². The lowest BCUT2D eigenvalue weighted by Crippen LogP contribution is -2.52. The van der Waals surface area contributed by atoms with Gasteiger partial charge in [-0.1, -0.05) is 0 Å². The Morgan fingerprint density at radius 1 is 1.21 bits per heavy atom. The molecule has 0 bridgehead atoms. The van der Waals surface area contributed by atoms with Crippen molar-refractivity contribution in [2.24, 2.45) is 5.73 Å². The van der Waals surface area contributed by atoms with Crippen LogP contribution in [0.5, 0.6) is 0 Å². The molecule has 2 aliphatic rings. The molecule has 3 rings (SSSR count). The Kier molecular flexibility index (Phi) is 5.60. The third-order valence-corrected chi connectivity index (χ3v) is 4.78. The van der Waals surface area contributed by atoms with Gasteiger partial charge < -0.3 is 20.4 Å². The quantitative estimate of drug-likeness (QED) is 0.698. The van der Waals surface area contributed by atoms with E-state index in [1.54, 1.807) is 11.9 Å². The SMILES string of the molecule is CN(C[C@H](N)CN1CC(F)(F)CCC1=O)c1ncnc(N2CCC(F)(F)C2)n1. The van der Waals surface area contributed by atoms with Crippen LogP contribution in [0.25, 0.3) is 0 Å². The van der Waals surface area contributed by atoms with Crippen LogP contribution in [0.3, 0.4) is 0 Å². The molecule has 1 amide bonds. The van der Waals surface area contributed by atoms with Crippen LogP contribution in [-0.2, 0) is 4.79 Å². The minimum absolute atomic E-state index is 0.0188. The number of carbonyl (C=O) groups is 1. The highest BCUT2D eigenvalue weighted by atomic mass is 19.3. The molecule has 0 radical (unpaired) electrons. The van der Waals surface area contributed by atoms with Crippen LogP contribution in [0.15, 0.2) is 6.33 Å². The fourth-order valence-corrected chi connectivity index (χ4v) is 3.36. The van der Waals surface area contributed by atoms with Crippen molar-refractivity contribution in [2.75, 3.05) is 49.6 Å². The van der Waals surface area contributed by atoms with E-state index < -0.39 is 37.4 Å². The predicted molar refractivity (Wildman–Crippen MR) is 93.6 cm³/mol. The molecule has 0 aromatic carbocycles. The molecule has 12 heteroatoms. The molecular weight excluding hydrogens is 382 g/mol. The average molecular weight is 405 g/mol. The van der Waals surface area contributed by atoms with Gasteiger partial charge >= 0.3 is 0 Å². The first-order chi connectivity index (χ1) is 13.0. The highest BCUT2D eigenvalue weighted by Crippen LogP contribution is 2.29. The monoisotopic (exact) mass is 405 g/mol. The van der Waals surface area contributed by atoms with Crippen LogP contribution in [0.1, 0.15) is 19.3 Å². The van der Waals surface area contributed by atoms with Crippen molar-refractivity contribution >= 4 is 17.8 Å². The summed E-state index contributed by atoms with van der Waals surface area (Å²) in [4.78, 5) is 28.0. The minimum atomic E-state index is -2.90. The van der Waals surface area contributed by atoms with E-state index in [1.807, 2.05) is 0 Å². The van der Waals surface area contributed by atoms with E-state index in [9.17, 15) is 22.4 Å². The normalized spacial score (nSPS) is 22.4. The lowest BCUT2D eigenvalue weighted by atomic mass is 10.1. The molecule has 2 aliphatic heterocycles. The topological polar surface area (TPSA) is 91.5 Å². The summed E-state index contributed by atoms with van der Waals surface area (Å²) in [5.74, 6) is -5.65. The van der Waals surface area contributed by atoms with Gasteiger partial charge in [0, 0.05) is 52.0 Å². The summed E-state index contributed by atoms with van der Waals surface area (Å²) >= 11 is 0. The third kappa shape index (κ3) is 4.97. The Morgan fingerprint density at radius 2 is 1.93 bits per heavy atom. The molecule has 0 spiro atoms. The van der Waals surface area contributed by atoms with Crippen molar-refractivity contribution in [3.8, 4) is 0 Å². The van der Waals surface area contributed by atoms with Gasteiger partial charge in [-0.3, -0.25) is 4.79 Å². The number of rotatable bonds is 6. The zero-order chi connectivity index (χ0) is 20.5. The van der Waals surface area contributed by atoms with Crippen molar-refractivity contribution in [3.63, 3.8) is 0 Å². The minimum Gasteiger partial charge on any atom is -0.342 e. The van der Waals surface area contributed by atoms with Gasteiger partial charge in [0.25, 0.3) is 11.8 Å². The third-order valence-electron chi connectivity index (χ3n) is 4.78.